The third-order valence-electron chi connectivity index (χ3n) is 5.14. The Hall–Kier alpha value is -3.25. The van der Waals surface area contributed by atoms with E-state index in [-0.39, 0.29) is 6.42 Å². The summed E-state index contributed by atoms with van der Waals surface area (Å²) < 4.78 is 8.14. The molecule has 0 aliphatic rings. The van der Waals surface area contributed by atoms with Crippen molar-refractivity contribution < 1.29 is 14.6 Å². The normalized spacial score (nSPS) is 11.0. The summed E-state index contributed by atoms with van der Waals surface area (Å²) in [7, 11) is 0. The van der Waals surface area contributed by atoms with Gasteiger partial charge < -0.3 is 9.84 Å². The molecular weight excluding hydrogens is 420 g/mol. The molecule has 1 heterocycles. The molecule has 0 aliphatic heterocycles. The maximum atomic E-state index is 10.6. The Labute approximate surface area is 192 Å². The van der Waals surface area contributed by atoms with Crippen LogP contribution in [0.1, 0.15) is 31.2 Å². The van der Waals surface area contributed by atoms with Crippen LogP contribution in [0.25, 0.3) is 16.7 Å². The molecule has 164 valence electrons. The minimum atomic E-state index is -0.745. The number of aryl methyl sites for hydroxylation is 1. The molecular formula is C26H26N2O3S. The van der Waals surface area contributed by atoms with Crippen molar-refractivity contribution in [1.29, 1.82) is 0 Å². The zero-order valence-electron chi connectivity index (χ0n) is 18.0. The van der Waals surface area contributed by atoms with E-state index in [1.165, 1.54) is 5.56 Å². The fourth-order valence-corrected chi connectivity index (χ4v) is 4.42. The molecule has 4 rings (SSSR count). The molecule has 0 fully saturated rings. The number of ether oxygens (including phenoxy) is 1. The van der Waals surface area contributed by atoms with Gasteiger partial charge in [-0.1, -0.05) is 47.7 Å². The zero-order valence-corrected chi connectivity index (χ0v) is 18.8. The van der Waals surface area contributed by atoms with E-state index in [4.69, 9.17) is 14.8 Å². The Bertz CT molecular complexity index is 1190. The molecule has 1 aromatic heterocycles. The van der Waals surface area contributed by atoms with Gasteiger partial charge in [-0.05, 0) is 62.6 Å². The van der Waals surface area contributed by atoms with Crippen LogP contribution >= 0.6 is 11.8 Å². The number of carbonyl (C=O) groups is 1. The summed E-state index contributed by atoms with van der Waals surface area (Å²) >= 11 is 1.64. The van der Waals surface area contributed by atoms with Crippen molar-refractivity contribution in [1.82, 2.24) is 9.55 Å². The third kappa shape index (κ3) is 5.51. The molecule has 32 heavy (non-hydrogen) atoms. The van der Waals surface area contributed by atoms with E-state index < -0.39 is 5.97 Å². The molecule has 1 N–H and O–H groups in total. The van der Waals surface area contributed by atoms with E-state index >= 15 is 0 Å². The van der Waals surface area contributed by atoms with Crippen LogP contribution in [0.4, 0.5) is 0 Å². The highest BCUT2D eigenvalue weighted by Gasteiger charge is 2.15. The molecule has 6 heteroatoms. The summed E-state index contributed by atoms with van der Waals surface area (Å²) in [6.45, 7) is 2.65. The lowest BCUT2D eigenvalue weighted by Crippen LogP contribution is -2.00. The van der Waals surface area contributed by atoms with Gasteiger partial charge in [-0.15, -0.1) is 0 Å². The smallest absolute Gasteiger partial charge is 0.303 e. The fraction of sp³-hybridized carbons (Fsp3) is 0.231. The number of fused-ring (bicyclic) bond motifs is 1. The van der Waals surface area contributed by atoms with Crippen LogP contribution in [-0.4, -0.2) is 27.2 Å². The topological polar surface area (TPSA) is 64.4 Å². The Morgan fingerprint density at radius 2 is 1.78 bits per heavy atom. The van der Waals surface area contributed by atoms with Gasteiger partial charge in [-0.2, -0.15) is 0 Å². The second-order valence-corrected chi connectivity index (χ2v) is 8.72. The summed E-state index contributed by atoms with van der Waals surface area (Å²) in [5.41, 5.74) is 4.18. The first kappa shape index (κ1) is 22.0. The van der Waals surface area contributed by atoms with Gasteiger partial charge in [0.25, 0.3) is 0 Å². The fourth-order valence-electron chi connectivity index (χ4n) is 3.47. The van der Waals surface area contributed by atoms with E-state index in [0.717, 1.165) is 45.4 Å². The third-order valence-corrected chi connectivity index (χ3v) is 6.11. The second kappa shape index (κ2) is 10.4. The summed E-state index contributed by atoms with van der Waals surface area (Å²) in [5, 5.41) is 9.64. The lowest BCUT2D eigenvalue weighted by atomic mass is 10.2. The number of benzene rings is 3. The molecule has 0 aliphatic carbocycles. The first-order valence-corrected chi connectivity index (χ1v) is 11.6. The highest BCUT2D eigenvalue weighted by molar-refractivity contribution is 7.99. The van der Waals surface area contributed by atoms with Crippen LogP contribution in [-0.2, 0) is 4.79 Å². The number of carboxylic acids is 1. The molecule has 0 spiro atoms. The van der Waals surface area contributed by atoms with E-state index in [2.05, 4.69) is 47.9 Å². The van der Waals surface area contributed by atoms with Crippen molar-refractivity contribution in [3.05, 3.63) is 78.4 Å². The molecule has 0 amide bonds. The first-order valence-electron chi connectivity index (χ1n) is 10.8. The number of nitrogens with zero attached hydrogens (tertiary/aromatic N) is 2. The lowest BCUT2D eigenvalue weighted by molar-refractivity contribution is -0.137. The lowest BCUT2D eigenvalue weighted by Gasteiger charge is -2.11. The Kier molecular flexibility index (Phi) is 7.12. The number of aliphatic carboxylic acids is 1. The maximum absolute atomic E-state index is 10.6. The van der Waals surface area contributed by atoms with Crippen molar-refractivity contribution >= 4 is 28.8 Å². The van der Waals surface area contributed by atoms with Crippen molar-refractivity contribution in [2.75, 3.05) is 6.61 Å². The molecule has 0 saturated heterocycles. The van der Waals surface area contributed by atoms with Gasteiger partial charge >= 0.3 is 5.97 Å². The van der Waals surface area contributed by atoms with Crippen molar-refractivity contribution in [2.45, 2.75) is 42.7 Å². The average molecular weight is 447 g/mol. The summed E-state index contributed by atoms with van der Waals surface area (Å²) in [6, 6.07) is 24.7. The molecule has 0 unspecified atom stereocenters. The van der Waals surface area contributed by atoms with Gasteiger partial charge in [0, 0.05) is 23.1 Å². The largest absolute Gasteiger partial charge is 0.494 e. The van der Waals surface area contributed by atoms with Crippen LogP contribution in [0, 0.1) is 6.92 Å². The summed E-state index contributed by atoms with van der Waals surface area (Å²) in [4.78, 5) is 16.7. The number of imidazole rings is 1. The molecule has 0 atom stereocenters. The Balaban J connectivity index is 1.60. The number of carboxylic acid groups (broad SMARTS) is 1. The SMILES string of the molecule is Cc1ccc(-n2c(Sc3ccccc3)nc3ccc(OCCCCCC(=O)O)cc32)cc1. The van der Waals surface area contributed by atoms with E-state index in [1.54, 1.807) is 11.8 Å². The quantitative estimate of drug-likeness (QED) is 0.281. The second-order valence-electron chi connectivity index (χ2n) is 7.68. The van der Waals surface area contributed by atoms with Crippen LogP contribution in [0.3, 0.4) is 0 Å². The maximum Gasteiger partial charge on any atom is 0.303 e. The van der Waals surface area contributed by atoms with Gasteiger partial charge in [-0.25, -0.2) is 4.98 Å². The highest BCUT2D eigenvalue weighted by atomic mass is 32.2. The first-order chi connectivity index (χ1) is 15.6. The number of hydrogen-bond donors (Lipinski definition) is 1. The predicted molar refractivity (Wildman–Crippen MR) is 128 cm³/mol. The minimum absolute atomic E-state index is 0.212. The van der Waals surface area contributed by atoms with Crippen molar-refractivity contribution in [3.8, 4) is 11.4 Å². The number of hydrogen-bond acceptors (Lipinski definition) is 4. The number of unbranched alkanes of at least 4 members (excludes halogenated alkanes) is 2. The van der Waals surface area contributed by atoms with Crippen LogP contribution < -0.4 is 4.74 Å². The Morgan fingerprint density at radius 3 is 2.53 bits per heavy atom. The standard InChI is InChI=1S/C26H26N2O3S/c1-19-11-13-20(14-12-19)28-24-18-21(31-17-7-3-6-10-25(29)30)15-16-23(24)27-26(28)32-22-8-4-2-5-9-22/h2,4-5,8-9,11-16,18H,3,6-7,10,17H2,1H3,(H,29,30). The number of rotatable bonds is 10. The monoisotopic (exact) mass is 446 g/mol. The van der Waals surface area contributed by atoms with E-state index in [1.807, 2.05) is 36.4 Å². The van der Waals surface area contributed by atoms with Crippen LogP contribution in [0.5, 0.6) is 5.75 Å². The van der Waals surface area contributed by atoms with Gasteiger partial charge in [0.05, 0.1) is 17.6 Å². The zero-order chi connectivity index (χ0) is 22.3. The predicted octanol–water partition coefficient (Wildman–Crippen LogP) is 6.51. The van der Waals surface area contributed by atoms with Crippen LogP contribution in [0.15, 0.2) is 82.8 Å². The summed E-state index contributed by atoms with van der Waals surface area (Å²) in [6.07, 6.45) is 2.56. The van der Waals surface area contributed by atoms with E-state index in [0.29, 0.717) is 13.0 Å². The van der Waals surface area contributed by atoms with Gasteiger partial charge in [0.15, 0.2) is 5.16 Å². The van der Waals surface area contributed by atoms with Crippen molar-refractivity contribution in [2.24, 2.45) is 0 Å². The van der Waals surface area contributed by atoms with Gasteiger partial charge in [-0.3, -0.25) is 9.36 Å². The molecule has 0 radical (unpaired) electrons. The summed E-state index contributed by atoms with van der Waals surface area (Å²) in [5.74, 6) is 0.0465. The van der Waals surface area contributed by atoms with Gasteiger partial charge in [0.2, 0.25) is 0 Å². The molecule has 0 bridgehead atoms. The molecule has 3 aromatic carbocycles. The van der Waals surface area contributed by atoms with Crippen molar-refractivity contribution in [3.63, 3.8) is 0 Å². The molecule has 5 nitrogen and oxygen atoms in total. The van der Waals surface area contributed by atoms with Gasteiger partial charge in [0.1, 0.15) is 5.75 Å². The molecule has 4 aromatic rings. The minimum Gasteiger partial charge on any atom is -0.494 e. The highest BCUT2D eigenvalue weighted by Crippen LogP contribution is 2.34. The van der Waals surface area contributed by atoms with E-state index in [9.17, 15) is 4.79 Å². The molecule has 0 saturated carbocycles. The Morgan fingerprint density at radius 1 is 1.00 bits per heavy atom. The number of aromatic nitrogens is 2. The van der Waals surface area contributed by atoms with Crippen LogP contribution in [0.2, 0.25) is 0 Å². The average Bonchev–Trinajstić information content (AvgIpc) is 3.14.